The standard InChI is InChI=1S/C25H22N4O2S/c1-16-6-4-8-18-24(16)28-15-29(25(18)31)14-23(30)27-13-20(22-10-5-11-32-22)19-12-26-21-9-3-2-7-17(19)21/h2-12,15,20,26H,13-14H2,1H3,(H,27,30). The maximum atomic E-state index is 12.8. The number of hydrogen-bond donors (Lipinski definition) is 2. The number of amides is 1. The summed E-state index contributed by atoms with van der Waals surface area (Å²) in [6, 6.07) is 17.8. The van der Waals surface area contributed by atoms with Gasteiger partial charge in [-0.1, -0.05) is 36.4 Å². The fourth-order valence-corrected chi connectivity index (χ4v) is 4.96. The first-order valence-electron chi connectivity index (χ1n) is 10.4. The summed E-state index contributed by atoms with van der Waals surface area (Å²) in [6.45, 7) is 2.29. The molecule has 3 aromatic heterocycles. The van der Waals surface area contributed by atoms with Crippen LogP contribution in [0.5, 0.6) is 0 Å². The zero-order chi connectivity index (χ0) is 22.1. The lowest BCUT2D eigenvalue weighted by molar-refractivity contribution is -0.121. The lowest BCUT2D eigenvalue weighted by Crippen LogP contribution is -2.34. The van der Waals surface area contributed by atoms with Gasteiger partial charge in [-0.25, -0.2) is 4.98 Å². The van der Waals surface area contributed by atoms with E-state index >= 15 is 0 Å². The van der Waals surface area contributed by atoms with Crippen molar-refractivity contribution in [2.24, 2.45) is 0 Å². The third-order valence-electron chi connectivity index (χ3n) is 5.76. The number of thiophene rings is 1. The zero-order valence-electron chi connectivity index (χ0n) is 17.5. The Morgan fingerprint density at radius 3 is 2.81 bits per heavy atom. The fraction of sp³-hybridized carbons (Fsp3) is 0.160. The van der Waals surface area contributed by atoms with Gasteiger partial charge in [0.15, 0.2) is 0 Å². The molecular weight excluding hydrogens is 420 g/mol. The Balaban J connectivity index is 1.37. The minimum Gasteiger partial charge on any atom is -0.361 e. The number of aromatic amines is 1. The van der Waals surface area contributed by atoms with E-state index in [1.54, 1.807) is 17.4 Å². The van der Waals surface area contributed by atoms with Gasteiger partial charge in [-0.15, -0.1) is 11.3 Å². The van der Waals surface area contributed by atoms with Crippen LogP contribution < -0.4 is 10.9 Å². The molecule has 3 heterocycles. The number of benzene rings is 2. The van der Waals surface area contributed by atoms with E-state index in [1.165, 1.54) is 15.8 Å². The van der Waals surface area contributed by atoms with Crippen LogP contribution in [0, 0.1) is 6.92 Å². The van der Waals surface area contributed by atoms with Crippen molar-refractivity contribution in [2.75, 3.05) is 6.54 Å². The van der Waals surface area contributed by atoms with Crippen LogP contribution in [0.15, 0.2) is 77.3 Å². The number of hydrogen-bond acceptors (Lipinski definition) is 4. The molecule has 1 atom stereocenters. The third kappa shape index (κ3) is 3.71. The minimum absolute atomic E-state index is 0.0178. The number of carbonyl (C=O) groups excluding carboxylic acids is 1. The summed E-state index contributed by atoms with van der Waals surface area (Å²) in [5.74, 6) is -0.202. The molecule has 1 amide bonds. The Morgan fingerprint density at radius 2 is 1.97 bits per heavy atom. The molecule has 32 heavy (non-hydrogen) atoms. The van der Waals surface area contributed by atoms with Gasteiger partial charge < -0.3 is 10.3 Å². The predicted molar refractivity (Wildman–Crippen MR) is 128 cm³/mol. The highest BCUT2D eigenvalue weighted by Crippen LogP contribution is 2.32. The molecule has 0 bridgehead atoms. The smallest absolute Gasteiger partial charge is 0.261 e. The molecule has 160 valence electrons. The number of carbonyl (C=O) groups is 1. The van der Waals surface area contributed by atoms with Crippen molar-refractivity contribution in [1.82, 2.24) is 19.9 Å². The average Bonchev–Trinajstić information content (AvgIpc) is 3.47. The van der Waals surface area contributed by atoms with Crippen molar-refractivity contribution < 1.29 is 4.79 Å². The van der Waals surface area contributed by atoms with E-state index in [4.69, 9.17) is 0 Å². The van der Waals surface area contributed by atoms with Crippen LogP contribution in [0.2, 0.25) is 0 Å². The molecule has 2 N–H and O–H groups in total. The highest BCUT2D eigenvalue weighted by molar-refractivity contribution is 7.10. The highest BCUT2D eigenvalue weighted by Gasteiger charge is 2.20. The number of fused-ring (bicyclic) bond motifs is 2. The van der Waals surface area contributed by atoms with E-state index < -0.39 is 0 Å². The Bertz CT molecular complexity index is 1470. The molecule has 0 aliphatic heterocycles. The van der Waals surface area contributed by atoms with Crippen LogP contribution in [0.3, 0.4) is 0 Å². The largest absolute Gasteiger partial charge is 0.361 e. The number of para-hydroxylation sites is 2. The summed E-state index contributed by atoms with van der Waals surface area (Å²) in [7, 11) is 0. The molecule has 0 spiro atoms. The molecule has 2 aromatic carbocycles. The Hall–Kier alpha value is -3.71. The maximum absolute atomic E-state index is 12.8. The van der Waals surface area contributed by atoms with Gasteiger partial charge in [-0.2, -0.15) is 0 Å². The molecule has 0 saturated carbocycles. The van der Waals surface area contributed by atoms with E-state index in [1.807, 2.05) is 54.9 Å². The molecule has 1 unspecified atom stereocenters. The second kappa shape index (κ2) is 8.43. The number of aromatic nitrogens is 3. The van der Waals surface area contributed by atoms with E-state index in [9.17, 15) is 9.59 Å². The highest BCUT2D eigenvalue weighted by atomic mass is 32.1. The molecule has 0 radical (unpaired) electrons. The molecule has 6 nitrogen and oxygen atoms in total. The summed E-state index contributed by atoms with van der Waals surface area (Å²) in [5, 5.41) is 6.74. The van der Waals surface area contributed by atoms with Crippen molar-refractivity contribution >= 4 is 39.0 Å². The SMILES string of the molecule is Cc1cccc2c(=O)n(CC(=O)NCC(c3cccs3)c3c[nH]c4ccccc34)cnc12. The lowest BCUT2D eigenvalue weighted by Gasteiger charge is -2.17. The van der Waals surface area contributed by atoms with Crippen LogP contribution in [-0.4, -0.2) is 27.0 Å². The zero-order valence-corrected chi connectivity index (χ0v) is 18.4. The first-order valence-corrected chi connectivity index (χ1v) is 11.3. The minimum atomic E-state index is -0.220. The van der Waals surface area contributed by atoms with Gasteiger partial charge in [0.25, 0.3) is 5.56 Å². The Morgan fingerprint density at radius 1 is 1.12 bits per heavy atom. The van der Waals surface area contributed by atoms with Crippen molar-refractivity contribution in [3.63, 3.8) is 0 Å². The molecule has 0 fully saturated rings. The van der Waals surface area contributed by atoms with Crippen molar-refractivity contribution in [1.29, 1.82) is 0 Å². The predicted octanol–water partition coefficient (Wildman–Crippen LogP) is 4.20. The fourth-order valence-electron chi connectivity index (χ4n) is 4.11. The van der Waals surface area contributed by atoms with Crippen molar-refractivity contribution in [2.45, 2.75) is 19.4 Å². The van der Waals surface area contributed by atoms with Crippen molar-refractivity contribution in [3.05, 3.63) is 98.9 Å². The van der Waals surface area contributed by atoms with Crippen molar-refractivity contribution in [3.8, 4) is 0 Å². The molecule has 7 heteroatoms. The number of H-pyrrole nitrogens is 1. The monoisotopic (exact) mass is 442 g/mol. The molecule has 5 aromatic rings. The second-order valence-electron chi connectivity index (χ2n) is 7.81. The quantitative estimate of drug-likeness (QED) is 0.414. The molecule has 5 rings (SSSR count). The van der Waals surface area contributed by atoms with Gasteiger partial charge in [-0.3, -0.25) is 14.2 Å². The van der Waals surface area contributed by atoms with Crippen LogP contribution in [0.25, 0.3) is 21.8 Å². The van der Waals surface area contributed by atoms with E-state index in [2.05, 4.69) is 27.4 Å². The van der Waals surface area contributed by atoms with E-state index in [0.29, 0.717) is 17.4 Å². The van der Waals surface area contributed by atoms with E-state index in [-0.39, 0.29) is 23.9 Å². The molecule has 0 saturated heterocycles. The van der Waals surface area contributed by atoms with Crippen LogP contribution in [-0.2, 0) is 11.3 Å². The molecular formula is C25H22N4O2S. The normalized spacial score (nSPS) is 12.3. The number of rotatable bonds is 6. The second-order valence-corrected chi connectivity index (χ2v) is 8.79. The summed E-state index contributed by atoms with van der Waals surface area (Å²) >= 11 is 1.67. The average molecular weight is 443 g/mol. The first kappa shape index (κ1) is 20.2. The number of aryl methyl sites for hydroxylation is 1. The Labute approximate surface area is 188 Å². The van der Waals surface area contributed by atoms with Crippen LogP contribution in [0.4, 0.5) is 0 Å². The third-order valence-corrected chi connectivity index (χ3v) is 6.74. The van der Waals surface area contributed by atoms with Gasteiger partial charge in [0.2, 0.25) is 5.91 Å². The summed E-state index contributed by atoms with van der Waals surface area (Å²) in [6.07, 6.45) is 3.47. The van der Waals surface area contributed by atoms with E-state index in [0.717, 1.165) is 22.0 Å². The van der Waals surface area contributed by atoms with Gasteiger partial charge in [0.05, 0.1) is 17.2 Å². The topological polar surface area (TPSA) is 79.8 Å². The summed E-state index contributed by atoms with van der Waals surface area (Å²) in [4.78, 5) is 34.5. The van der Waals surface area contributed by atoms with Gasteiger partial charge in [0, 0.05) is 34.4 Å². The van der Waals surface area contributed by atoms with Gasteiger partial charge >= 0.3 is 0 Å². The van der Waals surface area contributed by atoms with Crippen LogP contribution in [0.1, 0.15) is 21.9 Å². The van der Waals surface area contributed by atoms with Gasteiger partial charge in [-0.05, 0) is 41.6 Å². The summed E-state index contributed by atoms with van der Waals surface area (Å²) < 4.78 is 1.36. The maximum Gasteiger partial charge on any atom is 0.261 e. The molecule has 0 aliphatic rings. The molecule has 0 aliphatic carbocycles. The summed E-state index contributed by atoms with van der Waals surface area (Å²) in [5.41, 5.74) is 3.61. The first-order chi connectivity index (χ1) is 15.6. The lowest BCUT2D eigenvalue weighted by atomic mass is 9.96. The Kier molecular flexibility index (Phi) is 5.33. The van der Waals surface area contributed by atoms with Gasteiger partial charge in [0.1, 0.15) is 6.54 Å². The number of nitrogens with zero attached hydrogens (tertiary/aromatic N) is 2. The number of nitrogens with one attached hydrogen (secondary N) is 2. The van der Waals surface area contributed by atoms with Crippen LogP contribution >= 0.6 is 11.3 Å².